The summed E-state index contributed by atoms with van der Waals surface area (Å²) in [5.74, 6) is 1.78. The van der Waals surface area contributed by atoms with E-state index in [1.54, 1.807) is 6.07 Å². The Kier molecular flexibility index (Phi) is 5.39. The summed E-state index contributed by atoms with van der Waals surface area (Å²) in [4.78, 5) is 6.60. The molecule has 1 saturated heterocycles. The number of rotatable bonds is 5. The molecule has 0 aliphatic carbocycles. The minimum absolute atomic E-state index is 0.356. The molecule has 1 fully saturated rings. The first kappa shape index (κ1) is 16.8. The van der Waals surface area contributed by atoms with E-state index in [9.17, 15) is 5.11 Å². The number of aromatic hydroxyl groups is 1. The molecule has 2 aromatic rings. The third-order valence-electron chi connectivity index (χ3n) is 5.61. The van der Waals surface area contributed by atoms with Crippen LogP contribution in [0.5, 0.6) is 5.75 Å². The standard InChI is InChI=1S/C21H28N2O/c1-16-11-14-23(19-6-4-7-20(24)15-19)21(17(16)2)8-3-5-18-9-12-22-13-10-18/h4,6-7,9-10,12-13,15-17,21,24H,3,5,8,11,14H2,1-2H3. The number of anilines is 1. The van der Waals surface area contributed by atoms with Gasteiger partial charge in [-0.15, -0.1) is 0 Å². The van der Waals surface area contributed by atoms with Crippen molar-refractivity contribution < 1.29 is 5.11 Å². The molecule has 2 heterocycles. The second-order valence-electron chi connectivity index (χ2n) is 7.15. The molecule has 0 spiro atoms. The normalized spacial score (nSPS) is 24.1. The predicted molar refractivity (Wildman–Crippen MR) is 99.4 cm³/mol. The van der Waals surface area contributed by atoms with Crippen molar-refractivity contribution in [1.82, 2.24) is 4.98 Å². The summed E-state index contributed by atoms with van der Waals surface area (Å²) >= 11 is 0. The number of pyridine rings is 1. The lowest BCUT2D eigenvalue weighted by Crippen LogP contribution is -2.47. The molecule has 0 saturated carbocycles. The van der Waals surface area contributed by atoms with Crippen LogP contribution in [0.1, 0.15) is 38.7 Å². The number of nitrogens with zero attached hydrogens (tertiary/aromatic N) is 2. The largest absolute Gasteiger partial charge is 0.508 e. The van der Waals surface area contributed by atoms with E-state index in [2.05, 4.69) is 41.9 Å². The van der Waals surface area contributed by atoms with Gasteiger partial charge in [0, 0.05) is 36.7 Å². The molecule has 0 bridgehead atoms. The van der Waals surface area contributed by atoms with Crippen LogP contribution < -0.4 is 4.90 Å². The van der Waals surface area contributed by atoms with Crippen molar-refractivity contribution in [3.63, 3.8) is 0 Å². The van der Waals surface area contributed by atoms with E-state index >= 15 is 0 Å². The van der Waals surface area contributed by atoms with E-state index in [0.29, 0.717) is 17.7 Å². The number of piperidine rings is 1. The quantitative estimate of drug-likeness (QED) is 0.869. The molecule has 24 heavy (non-hydrogen) atoms. The number of aromatic nitrogens is 1. The Morgan fingerprint density at radius 3 is 2.71 bits per heavy atom. The first-order valence-corrected chi connectivity index (χ1v) is 9.09. The second kappa shape index (κ2) is 7.69. The zero-order chi connectivity index (χ0) is 16.9. The SMILES string of the molecule is CC1CCN(c2cccc(O)c2)C(CCCc2ccncc2)C1C. The van der Waals surface area contributed by atoms with Gasteiger partial charge >= 0.3 is 0 Å². The van der Waals surface area contributed by atoms with Gasteiger partial charge in [0.15, 0.2) is 0 Å². The van der Waals surface area contributed by atoms with Crippen molar-refractivity contribution in [2.75, 3.05) is 11.4 Å². The monoisotopic (exact) mass is 324 g/mol. The third-order valence-corrected chi connectivity index (χ3v) is 5.61. The maximum Gasteiger partial charge on any atom is 0.117 e. The van der Waals surface area contributed by atoms with E-state index in [4.69, 9.17) is 0 Å². The van der Waals surface area contributed by atoms with Crippen molar-refractivity contribution in [2.24, 2.45) is 11.8 Å². The maximum atomic E-state index is 9.84. The van der Waals surface area contributed by atoms with Gasteiger partial charge in [0.1, 0.15) is 5.75 Å². The smallest absolute Gasteiger partial charge is 0.117 e. The van der Waals surface area contributed by atoms with Crippen molar-refractivity contribution in [3.8, 4) is 5.75 Å². The predicted octanol–water partition coefficient (Wildman–Crippen LogP) is 4.66. The van der Waals surface area contributed by atoms with Crippen LogP contribution in [0.25, 0.3) is 0 Å². The van der Waals surface area contributed by atoms with Crippen LogP contribution in [0.2, 0.25) is 0 Å². The molecule has 1 aromatic heterocycles. The van der Waals surface area contributed by atoms with Crippen molar-refractivity contribution >= 4 is 5.69 Å². The van der Waals surface area contributed by atoms with E-state index in [1.165, 1.54) is 24.8 Å². The van der Waals surface area contributed by atoms with Gasteiger partial charge in [-0.3, -0.25) is 4.98 Å². The highest BCUT2D eigenvalue weighted by Crippen LogP contribution is 2.35. The third kappa shape index (κ3) is 3.89. The van der Waals surface area contributed by atoms with Gasteiger partial charge in [-0.05, 0) is 67.3 Å². The van der Waals surface area contributed by atoms with Crippen LogP contribution in [0.4, 0.5) is 5.69 Å². The zero-order valence-electron chi connectivity index (χ0n) is 14.7. The number of hydrogen-bond donors (Lipinski definition) is 1. The number of hydrogen-bond acceptors (Lipinski definition) is 3. The molecule has 3 atom stereocenters. The Morgan fingerprint density at radius 1 is 1.17 bits per heavy atom. The average Bonchev–Trinajstić information content (AvgIpc) is 2.60. The molecule has 1 aliphatic heterocycles. The Morgan fingerprint density at radius 2 is 1.96 bits per heavy atom. The van der Waals surface area contributed by atoms with Crippen molar-refractivity contribution in [3.05, 3.63) is 54.4 Å². The van der Waals surface area contributed by atoms with Crippen LogP contribution in [0, 0.1) is 11.8 Å². The minimum Gasteiger partial charge on any atom is -0.508 e. The van der Waals surface area contributed by atoms with Crippen LogP contribution >= 0.6 is 0 Å². The zero-order valence-corrected chi connectivity index (χ0v) is 14.7. The Hall–Kier alpha value is -2.03. The number of phenolic OH excluding ortho intramolecular Hbond substituents is 1. The fourth-order valence-electron chi connectivity index (χ4n) is 3.91. The van der Waals surface area contributed by atoms with Crippen molar-refractivity contribution in [1.29, 1.82) is 0 Å². The molecule has 3 heteroatoms. The Bertz CT molecular complexity index is 643. The molecule has 0 amide bonds. The maximum absolute atomic E-state index is 9.84. The van der Waals surface area contributed by atoms with Gasteiger partial charge in [-0.2, -0.15) is 0 Å². The number of aryl methyl sites for hydroxylation is 1. The van der Waals surface area contributed by atoms with Gasteiger partial charge in [0.25, 0.3) is 0 Å². The second-order valence-corrected chi connectivity index (χ2v) is 7.15. The van der Waals surface area contributed by atoms with Crippen molar-refractivity contribution in [2.45, 2.75) is 45.6 Å². The van der Waals surface area contributed by atoms with Gasteiger partial charge < -0.3 is 10.0 Å². The first-order valence-electron chi connectivity index (χ1n) is 9.09. The lowest BCUT2D eigenvalue weighted by atomic mass is 9.79. The summed E-state index contributed by atoms with van der Waals surface area (Å²) in [6.07, 6.45) is 8.44. The summed E-state index contributed by atoms with van der Waals surface area (Å²) in [5, 5.41) is 9.84. The molecule has 128 valence electrons. The molecule has 1 N–H and O–H groups in total. The molecular weight excluding hydrogens is 296 g/mol. The minimum atomic E-state index is 0.356. The Balaban J connectivity index is 1.70. The number of benzene rings is 1. The summed E-state index contributed by atoms with van der Waals surface area (Å²) in [6, 6.07) is 12.5. The highest BCUT2D eigenvalue weighted by atomic mass is 16.3. The molecule has 3 rings (SSSR count). The van der Waals surface area contributed by atoms with Crippen LogP contribution in [0.15, 0.2) is 48.8 Å². The van der Waals surface area contributed by atoms with Crippen LogP contribution in [0.3, 0.4) is 0 Å². The van der Waals surface area contributed by atoms with Crippen LogP contribution in [-0.2, 0) is 6.42 Å². The lowest BCUT2D eigenvalue weighted by Gasteiger charge is -2.45. The molecule has 3 nitrogen and oxygen atoms in total. The van der Waals surface area contributed by atoms with Gasteiger partial charge in [-0.25, -0.2) is 0 Å². The fraction of sp³-hybridized carbons (Fsp3) is 0.476. The Labute approximate surface area is 145 Å². The molecule has 0 radical (unpaired) electrons. The van der Waals surface area contributed by atoms with Gasteiger partial charge in [0.2, 0.25) is 0 Å². The lowest BCUT2D eigenvalue weighted by molar-refractivity contribution is 0.242. The highest BCUT2D eigenvalue weighted by Gasteiger charge is 2.32. The van der Waals surface area contributed by atoms with E-state index in [-0.39, 0.29) is 0 Å². The summed E-state index contributed by atoms with van der Waals surface area (Å²) in [5.41, 5.74) is 2.52. The molecule has 1 aliphatic rings. The van der Waals surface area contributed by atoms with Gasteiger partial charge in [0.05, 0.1) is 0 Å². The summed E-state index contributed by atoms with van der Waals surface area (Å²) < 4.78 is 0. The van der Waals surface area contributed by atoms with Crippen LogP contribution in [-0.4, -0.2) is 22.7 Å². The first-order chi connectivity index (χ1) is 11.6. The van der Waals surface area contributed by atoms with E-state index in [1.807, 2.05) is 24.5 Å². The summed E-state index contributed by atoms with van der Waals surface area (Å²) in [6.45, 7) is 5.84. The average molecular weight is 324 g/mol. The topological polar surface area (TPSA) is 36.4 Å². The van der Waals surface area contributed by atoms with E-state index < -0.39 is 0 Å². The highest BCUT2D eigenvalue weighted by molar-refractivity contribution is 5.51. The fourth-order valence-corrected chi connectivity index (χ4v) is 3.91. The molecule has 1 aromatic carbocycles. The molecular formula is C21H28N2O. The molecule has 3 unspecified atom stereocenters. The van der Waals surface area contributed by atoms with E-state index in [0.717, 1.165) is 24.6 Å². The summed E-state index contributed by atoms with van der Waals surface area (Å²) in [7, 11) is 0. The van der Waals surface area contributed by atoms with Gasteiger partial charge in [-0.1, -0.05) is 19.9 Å². The number of phenols is 1.